The van der Waals surface area contributed by atoms with Crippen LogP contribution in [0.2, 0.25) is 0 Å². The van der Waals surface area contributed by atoms with Crippen molar-refractivity contribution in [3.05, 3.63) is 95.6 Å². The van der Waals surface area contributed by atoms with Crippen LogP contribution in [0, 0.1) is 5.41 Å². The number of nitrogens with two attached hydrogens (primary N) is 1. The molecule has 0 aliphatic carbocycles. The summed E-state index contributed by atoms with van der Waals surface area (Å²) in [5.41, 5.74) is 8.13. The fraction of sp³-hybridized carbons (Fsp3) is 0.276. The molecular formula is C29H33N3O4. The number of hydrogen-bond acceptors (Lipinski definition) is 5. The average Bonchev–Trinajstić information content (AvgIpc) is 2.88. The van der Waals surface area contributed by atoms with E-state index >= 15 is 0 Å². The molecule has 36 heavy (non-hydrogen) atoms. The molecule has 4 N–H and O–H groups in total. The van der Waals surface area contributed by atoms with Crippen LogP contribution in [-0.4, -0.2) is 24.3 Å². The number of nitrogen functional groups attached to an aromatic ring is 1. The molecule has 0 radical (unpaired) electrons. The Bertz CT molecular complexity index is 1130. The van der Waals surface area contributed by atoms with Crippen LogP contribution < -0.4 is 15.8 Å². The summed E-state index contributed by atoms with van der Waals surface area (Å²) in [7, 11) is 0. The maximum absolute atomic E-state index is 12.7. The van der Waals surface area contributed by atoms with Gasteiger partial charge in [-0.05, 0) is 61.6 Å². The number of aryl methyl sites for hydroxylation is 1. The first-order chi connectivity index (χ1) is 17.4. The number of esters is 1. The van der Waals surface area contributed by atoms with Gasteiger partial charge in [-0.1, -0.05) is 54.6 Å². The molecule has 0 saturated carbocycles. The standard InChI is InChI=1S/C29H33N3O4/c1-2-35-28(34)20-26(22-16-18-25(19-17-22)36-24-9-4-3-5-10-24)32-27(33)11-7-6-8-21-12-14-23(15-13-21)29(30)31/h3-5,9-10,12-19,26H,2,6-8,11,20H2,1H3,(H3,30,31)(H,32,33). The van der Waals surface area contributed by atoms with Gasteiger partial charge in [0, 0.05) is 12.0 Å². The zero-order valence-electron chi connectivity index (χ0n) is 20.5. The third-order valence-corrected chi connectivity index (χ3v) is 5.66. The summed E-state index contributed by atoms with van der Waals surface area (Å²) in [5, 5.41) is 10.5. The first-order valence-corrected chi connectivity index (χ1v) is 12.2. The lowest BCUT2D eigenvalue weighted by Crippen LogP contribution is -2.30. The average molecular weight is 488 g/mol. The molecule has 1 atom stereocenters. The normalized spacial score (nSPS) is 11.4. The second-order valence-corrected chi connectivity index (χ2v) is 8.43. The van der Waals surface area contributed by atoms with Crippen molar-refractivity contribution < 1.29 is 19.1 Å². The molecule has 188 valence electrons. The smallest absolute Gasteiger partial charge is 0.308 e. The van der Waals surface area contributed by atoms with Gasteiger partial charge in [-0.2, -0.15) is 0 Å². The Kier molecular flexibility index (Phi) is 10.1. The number of unbranched alkanes of at least 4 members (excludes halogenated alkanes) is 1. The Balaban J connectivity index is 1.54. The molecule has 0 saturated heterocycles. The van der Waals surface area contributed by atoms with E-state index in [0.717, 1.165) is 36.1 Å². The van der Waals surface area contributed by atoms with Crippen molar-refractivity contribution in [3.8, 4) is 11.5 Å². The SMILES string of the molecule is CCOC(=O)CC(NC(=O)CCCCc1ccc(C(=N)N)cc1)c1ccc(Oc2ccccc2)cc1. The second kappa shape index (κ2) is 13.7. The highest BCUT2D eigenvalue weighted by Crippen LogP contribution is 2.25. The van der Waals surface area contributed by atoms with E-state index in [9.17, 15) is 9.59 Å². The lowest BCUT2D eigenvalue weighted by molar-refractivity contribution is -0.143. The molecule has 0 aromatic heterocycles. The number of carbonyl (C=O) groups excluding carboxylic acids is 2. The summed E-state index contributed by atoms with van der Waals surface area (Å²) < 4.78 is 11.0. The molecule has 3 aromatic rings. The van der Waals surface area contributed by atoms with Crippen LogP contribution in [-0.2, 0) is 20.7 Å². The maximum atomic E-state index is 12.7. The molecule has 0 bridgehead atoms. The zero-order valence-corrected chi connectivity index (χ0v) is 20.5. The van der Waals surface area contributed by atoms with Crippen LogP contribution in [0.3, 0.4) is 0 Å². The van der Waals surface area contributed by atoms with Gasteiger partial charge in [0.05, 0.1) is 19.1 Å². The molecule has 0 fully saturated rings. The van der Waals surface area contributed by atoms with Crippen LogP contribution in [0.5, 0.6) is 11.5 Å². The van der Waals surface area contributed by atoms with Crippen molar-refractivity contribution in [1.82, 2.24) is 5.32 Å². The summed E-state index contributed by atoms with van der Waals surface area (Å²) >= 11 is 0. The number of hydrogen-bond donors (Lipinski definition) is 3. The predicted molar refractivity (Wildman–Crippen MR) is 140 cm³/mol. The zero-order chi connectivity index (χ0) is 25.8. The number of ether oxygens (including phenoxy) is 2. The van der Waals surface area contributed by atoms with Crippen molar-refractivity contribution in [2.75, 3.05) is 6.61 Å². The Morgan fingerprint density at radius 3 is 2.22 bits per heavy atom. The third kappa shape index (κ3) is 8.58. The van der Waals surface area contributed by atoms with E-state index in [2.05, 4.69) is 5.32 Å². The van der Waals surface area contributed by atoms with E-state index in [1.54, 1.807) is 6.92 Å². The molecule has 7 heteroatoms. The number of carbonyl (C=O) groups is 2. The minimum atomic E-state index is -0.485. The highest BCUT2D eigenvalue weighted by Gasteiger charge is 2.19. The minimum Gasteiger partial charge on any atom is -0.466 e. The summed E-state index contributed by atoms with van der Waals surface area (Å²) in [6.07, 6.45) is 2.82. The summed E-state index contributed by atoms with van der Waals surface area (Å²) in [6.45, 7) is 2.05. The fourth-order valence-corrected chi connectivity index (χ4v) is 3.76. The topological polar surface area (TPSA) is 114 Å². The van der Waals surface area contributed by atoms with E-state index in [0.29, 0.717) is 17.7 Å². The van der Waals surface area contributed by atoms with Gasteiger partial charge in [-0.3, -0.25) is 15.0 Å². The second-order valence-electron chi connectivity index (χ2n) is 8.43. The molecule has 0 aliphatic rings. The first kappa shape index (κ1) is 26.5. The van der Waals surface area contributed by atoms with Gasteiger partial charge < -0.3 is 20.5 Å². The van der Waals surface area contributed by atoms with E-state index < -0.39 is 6.04 Å². The lowest BCUT2D eigenvalue weighted by atomic mass is 10.0. The molecule has 0 spiro atoms. The number of para-hydroxylation sites is 1. The highest BCUT2D eigenvalue weighted by atomic mass is 16.5. The summed E-state index contributed by atoms with van der Waals surface area (Å²) in [6, 6.07) is 23.9. The summed E-state index contributed by atoms with van der Waals surface area (Å²) in [4.78, 5) is 24.9. The van der Waals surface area contributed by atoms with E-state index in [4.69, 9.17) is 20.6 Å². The van der Waals surface area contributed by atoms with Gasteiger partial charge in [0.15, 0.2) is 0 Å². The molecule has 1 unspecified atom stereocenters. The van der Waals surface area contributed by atoms with Crippen LogP contribution in [0.1, 0.15) is 55.3 Å². The Morgan fingerprint density at radius 2 is 1.58 bits per heavy atom. The van der Waals surface area contributed by atoms with Crippen LogP contribution in [0.25, 0.3) is 0 Å². The molecule has 1 amide bonds. The number of amides is 1. The van der Waals surface area contributed by atoms with Gasteiger partial charge >= 0.3 is 5.97 Å². The van der Waals surface area contributed by atoms with Gasteiger partial charge in [0.2, 0.25) is 5.91 Å². The van der Waals surface area contributed by atoms with Crippen LogP contribution in [0.4, 0.5) is 0 Å². The minimum absolute atomic E-state index is 0.0500. The van der Waals surface area contributed by atoms with Gasteiger partial charge in [-0.25, -0.2) is 0 Å². The monoisotopic (exact) mass is 487 g/mol. The molecule has 7 nitrogen and oxygen atoms in total. The van der Waals surface area contributed by atoms with E-state index in [-0.39, 0.29) is 30.7 Å². The number of rotatable bonds is 13. The van der Waals surface area contributed by atoms with Gasteiger partial charge in [-0.15, -0.1) is 0 Å². The third-order valence-electron chi connectivity index (χ3n) is 5.66. The van der Waals surface area contributed by atoms with Crippen molar-refractivity contribution >= 4 is 17.7 Å². The summed E-state index contributed by atoms with van der Waals surface area (Å²) in [5.74, 6) is 0.982. The van der Waals surface area contributed by atoms with Crippen LogP contribution >= 0.6 is 0 Å². The molecule has 3 rings (SSSR count). The predicted octanol–water partition coefficient (Wildman–Crippen LogP) is 5.29. The van der Waals surface area contributed by atoms with Crippen molar-refractivity contribution in [3.63, 3.8) is 0 Å². The largest absolute Gasteiger partial charge is 0.466 e. The molecule has 3 aromatic carbocycles. The van der Waals surface area contributed by atoms with Crippen molar-refractivity contribution in [2.24, 2.45) is 5.73 Å². The quantitative estimate of drug-likeness (QED) is 0.131. The number of benzene rings is 3. The number of nitrogens with one attached hydrogen (secondary N) is 2. The number of amidine groups is 1. The maximum Gasteiger partial charge on any atom is 0.308 e. The van der Waals surface area contributed by atoms with Crippen molar-refractivity contribution in [1.29, 1.82) is 5.41 Å². The molecule has 0 aliphatic heterocycles. The Labute approximate surface area is 212 Å². The van der Waals surface area contributed by atoms with E-state index in [1.807, 2.05) is 78.9 Å². The fourth-order valence-electron chi connectivity index (χ4n) is 3.76. The molecule has 0 heterocycles. The lowest BCUT2D eigenvalue weighted by Gasteiger charge is -2.19. The Morgan fingerprint density at radius 1 is 0.917 bits per heavy atom. The van der Waals surface area contributed by atoms with Gasteiger partial charge in [0.1, 0.15) is 17.3 Å². The highest BCUT2D eigenvalue weighted by molar-refractivity contribution is 5.94. The first-order valence-electron chi connectivity index (χ1n) is 12.2. The van der Waals surface area contributed by atoms with E-state index in [1.165, 1.54) is 0 Å². The van der Waals surface area contributed by atoms with Crippen molar-refractivity contribution in [2.45, 2.75) is 45.1 Å². The van der Waals surface area contributed by atoms with Gasteiger partial charge in [0.25, 0.3) is 0 Å². The van der Waals surface area contributed by atoms with Crippen LogP contribution in [0.15, 0.2) is 78.9 Å². The Hall–Kier alpha value is -4.13. The molecular weight excluding hydrogens is 454 g/mol.